The van der Waals surface area contributed by atoms with Gasteiger partial charge in [0.25, 0.3) is 0 Å². The second-order valence-corrected chi connectivity index (χ2v) is 7.56. The minimum Gasteiger partial charge on any atom is -0.328 e. The monoisotopic (exact) mass is 368 g/mol. The Hall–Kier alpha value is -0.140. The van der Waals surface area contributed by atoms with Gasteiger partial charge in [0.05, 0.1) is 4.90 Å². The highest BCUT2D eigenvalue weighted by Gasteiger charge is 2.28. The Morgan fingerprint density at radius 3 is 2.37 bits per heavy atom. The van der Waals surface area contributed by atoms with Crippen molar-refractivity contribution in [1.82, 2.24) is 4.31 Å². The van der Waals surface area contributed by atoms with Crippen molar-refractivity contribution >= 4 is 38.4 Å². The van der Waals surface area contributed by atoms with Crippen molar-refractivity contribution in [2.45, 2.75) is 30.7 Å². The molecule has 0 amide bonds. The van der Waals surface area contributed by atoms with Crippen molar-refractivity contribution in [3.05, 3.63) is 28.2 Å². The maximum Gasteiger partial charge on any atom is 0.243 e. The number of hydrogen-bond donors (Lipinski definition) is 1. The molecular formula is C12H18BrClN2O2S. The van der Waals surface area contributed by atoms with Crippen LogP contribution in [0.25, 0.3) is 0 Å². The first-order chi connectivity index (χ1) is 8.39. The van der Waals surface area contributed by atoms with Crippen LogP contribution in [0.1, 0.15) is 18.4 Å². The van der Waals surface area contributed by atoms with E-state index in [1.165, 1.54) is 4.31 Å². The number of hydrogen-bond acceptors (Lipinski definition) is 3. The lowest BCUT2D eigenvalue weighted by Crippen LogP contribution is -2.42. The number of nitrogens with zero attached hydrogens (tertiary/aromatic N) is 1. The molecule has 1 saturated heterocycles. The summed E-state index contributed by atoms with van der Waals surface area (Å²) in [6.07, 6.45) is 1.46. The number of halogens is 2. The number of benzene rings is 1. The molecule has 2 N–H and O–H groups in total. The minimum atomic E-state index is -3.38. The number of sulfonamides is 1. The van der Waals surface area contributed by atoms with Crippen molar-refractivity contribution in [1.29, 1.82) is 0 Å². The molecule has 1 aromatic rings. The van der Waals surface area contributed by atoms with Crippen LogP contribution in [-0.4, -0.2) is 31.9 Å². The first-order valence-corrected chi connectivity index (χ1v) is 8.16. The zero-order valence-corrected chi connectivity index (χ0v) is 13.9. The highest BCUT2D eigenvalue weighted by molar-refractivity contribution is 9.10. The van der Waals surface area contributed by atoms with Gasteiger partial charge in [-0.05, 0) is 43.5 Å². The molecule has 1 aliphatic heterocycles. The number of aryl methyl sites for hydroxylation is 1. The maximum absolute atomic E-state index is 12.5. The summed E-state index contributed by atoms with van der Waals surface area (Å²) in [5, 5.41) is 0. The quantitative estimate of drug-likeness (QED) is 0.870. The minimum absolute atomic E-state index is 0. The maximum atomic E-state index is 12.5. The average molecular weight is 370 g/mol. The Balaban J connectivity index is 0.00000180. The normalized spacial score (nSPS) is 18.1. The predicted octanol–water partition coefficient (Wildman–Crippen LogP) is 2.29. The van der Waals surface area contributed by atoms with Gasteiger partial charge < -0.3 is 5.73 Å². The molecule has 0 aromatic heterocycles. The van der Waals surface area contributed by atoms with E-state index >= 15 is 0 Å². The Bertz CT molecular complexity index is 522. The van der Waals surface area contributed by atoms with E-state index in [0.717, 1.165) is 22.9 Å². The Morgan fingerprint density at radius 2 is 1.84 bits per heavy atom. The molecule has 0 saturated carbocycles. The summed E-state index contributed by atoms with van der Waals surface area (Å²) in [5.74, 6) is 0. The van der Waals surface area contributed by atoms with Gasteiger partial charge in [0.1, 0.15) is 0 Å². The number of nitrogens with two attached hydrogens (primary N) is 1. The second-order valence-electron chi connectivity index (χ2n) is 4.71. The Labute approximate surface area is 128 Å². The van der Waals surface area contributed by atoms with Crippen LogP contribution in [0.5, 0.6) is 0 Å². The molecule has 19 heavy (non-hydrogen) atoms. The molecule has 2 rings (SSSR count). The first kappa shape index (κ1) is 16.9. The predicted molar refractivity (Wildman–Crippen MR) is 82.1 cm³/mol. The highest BCUT2D eigenvalue weighted by Crippen LogP contribution is 2.24. The van der Waals surface area contributed by atoms with Crippen LogP contribution < -0.4 is 5.73 Å². The van der Waals surface area contributed by atoms with Crippen molar-refractivity contribution < 1.29 is 8.42 Å². The lowest BCUT2D eigenvalue weighted by molar-refractivity contribution is 0.320. The van der Waals surface area contributed by atoms with Crippen molar-refractivity contribution in [3.8, 4) is 0 Å². The van der Waals surface area contributed by atoms with Gasteiger partial charge in [-0.3, -0.25) is 0 Å². The van der Waals surface area contributed by atoms with E-state index in [0.29, 0.717) is 18.0 Å². The summed E-state index contributed by atoms with van der Waals surface area (Å²) in [6.45, 7) is 2.90. The van der Waals surface area contributed by atoms with E-state index in [2.05, 4.69) is 15.9 Å². The zero-order valence-electron chi connectivity index (χ0n) is 10.7. The fourth-order valence-electron chi connectivity index (χ4n) is 2.12. The van der Waals surface area contributed by atoms with Crippen LogP contribution in [0, 0.1) is 6.92 Å². The van der Waals surface area contributed by atoms with Gasteiger partial charge in [0, 0.05) is 23.6 Å². The van der Waals surface area contributed by atoms with Gasteiger partial charge in [0.2, 0.25) is 10.0 Å². The zero-order chi connectivity index (χ0) is 13.3. The molecule has 0 spiro atoms. The molecule has 0 bridgehead atoms. The molecule has 0 unspecified atom stereocenters. The van der Waals surface area contributed by atoms with E-state index in [1.807, 2.05) is 13.0 Å². The molecule has 1 aromatic carbocycles. The van der Waals surface area contributed by atoms with Crippen LogP contribution in [0.4, 0.5) is 0 Å². The van der Waals surface area contributed by atoms with Gasteiger partial charge >= 0.3 is 0 Å². The molecule has 1 heterocycles. The van der Waals surface area contributed by atoms with Crippen LogP contribution >= 0.6 is 28.3 Å². The van der Waals surface area contributed by atoms with Gasteiger partial charge in [-0.15, -0.1) is 12.4 Å². The summed E-state index contributed by atoms with van der Waals surface area (Å²) in [4.78, 5) is 0.352. The van der Waals surface area contributed by atoms with Crippen molar-refractivity contribution in [3.63, 3.8) is 0 Å². The average Bonchev–Trinajstić information content (AvgIpc) is 2.28. The van der Waals surface area contributed by atoms with E-state index in [9.17, 15) is 8.42 Å². The molecule has 0 atom stereocenters. The van der Waals surface area contributed by atoms with Crippen molar-refractivity contribution in [2.24, 2.45) is 5.73 Å². The smallest absolute Gasteiger partial charge is 0.243 e. The third kappa shape index (κ3) is 3.92. The largest absolute Gasteiger partial charge is 0.328 e. The summed E-state index contributed by atoms with van der Waals surface area (Å²) in [5.41, 5.74) is 6.73. The Kier molecular flexibility index (Phi) is 5.82. The molecule has 0 radical (unpaired) electrons. The van der Waals surface area contributed by atoms with Gasteiger partial charge in [0.15, 0.2) is 0 Å². The standard InChI is InChI=1S/C12H17BrN2O2S.ClH/c1-9-6-10(13)8-12(7-9)18(16,17)15-4-2-11(14)3-5-15;/h6-8,11H,2-5,14H2,1H3;1H. The van der Waals surface area contributed by atoms with Gasteiger partial charge in [-0.25, -0.2) is 8.42 Å². The first-order valence-electron chi connectivity index (χ1n) is 5.92. The molecule has 4 nitrogen and oxygen atoms in total. The Morgan fingerprint density at radius 1 is 1.26 bits per heavy atom. The van der Waals surface area contributed by atoms with E-state index in [-0.39, 0.29) is 18.4 Å². The summed E-state index contributed by atoms with van der Waals surface area (Å²) >= 11 is 3.34. The lowest BCUT2D eigenvalue weighted by Gasteiger charge is -2.29. The van der Waals surface area contributed by atoms with E-state index in [1.54, 1.807) is 12.1 Å². The van der Waals surface area contributed by atoms with Gasteiger partial charge in [-0.2, -0.15) is 4.31 Å². The summed E-state index contributed by atoms with van der Waals surface area (Å²) in [6, 6.07) is 5.37. The fourth-order valence-corrected chi connectivity index (χ4v) is 4.48. The fraction of sp³-hybridized carbons (Fsp3) is 0.500. The molecule has 1 fully saturated rings. The number of rotatable bonds is 2. The summed E-state index contributed by atoms with van der Waals surface area (Å²) in [7, 11) is -3.38. The number of piperidine rings is 1. The van der Waals surface area contributed by atoms with Crippen molar-refractivity contribution in [2.75, 3.05) is 13.1 Å². The van der Waals surface area contributed by atoms with E-state index in [4.69, 9.17) is 5.73 Å². The lowest BCUT2D eigenvalue weighted by atomic mass is 10.1. The van der Waals surface area contributed by atoms with E-state index < -0.39 is 10.0 Å². The highest BCUT2D eigenvalue weighted by atomic mass is 79.9. The summed E-state index contributed by atoms with van der Waals surface area (Å²) < 4.78 is 27.2. The third-order valence-electron chi connectivity index (χ3n) is 3.15. The van der Waals surface area contributed by atoms with Crippen LogP contribution in [-0.2, 0) is 10.0 Å². The SMILES string of the molecule is Cc1cc(Br)cc(S(=O)(=O)N2CCC(N)CC2)c1.Cl. The second kappa shape index (κ2) is 6.54. The molecule has 0 aliphatic carbocycles. The molecule has 108 valence electrons. The molecule has 7 heteroatoms. The molecular weight excluding hydrogens is 352 g/mol. The molecule has 1 aliphatic rings. The van der Waals surface area contributed by atoms with Crippen LogP contribution in [0.15, 0.2) is 27.6 Å². The third-order valence-corrected chi connectivity index (χ3v) is 5.49. The topological polar surface area (TPSA) is 63.4 Å². The van der Waals surface area contributed by atoms with Crippen LogP contribution in [0.3, 0.4) is 0 Å². The van der Waals surface area contributed by atoms with Crippen LogP contribution in [0.2, 0.25) is 0 Å². The van der Waals surface area contributed by atoms with Gasteiger partial charge in [-0.1, -0.05) is 15.9 Å².